The molecule has 1 fully saturated rings. The van der Waals surface area contributed by atoms with Gasteiger partial charge in [-0.2, -0.15) is 0 Å². The lowest BCUT2D eigenvalue weighted by atomic mass is 10.3. The molecule has 1 aromatic heterocycles. The minimum atomic E-state index is -0.0265. The molecule has 0 bridgehead atoms. The van der Waals surface area contributed by atoms with Gasteiger partial charge in [-0.25, -0.2) is 4.98 Å². The van der Waals surface area contributed by atoms with Crippen LogP contribution in [-0.4, -0.2) is 85.5 Å². The maximum atomic E-state index is 12.5. The van der Waals surface area contributed by atoms with Gasteiger partial charge in [-0.1, -0.05) is 6.07 Å². The molecule has 0 spiro atoms. The predicted octanol–water partition coefficient (Wildman–Crippen LogP) is 1.89. The van der Waals surface area contributed by atoms with Crippen molar-refractivity contribution in [2.45, 2.75) is 13.5 Å². The van der Waals surface area contributed by atoms with Gasteiger partial charge in [-0.05, 0) is 19.1 Å². The number of carbonyl (C=O) groups excluding carboxylic acids is 2. The van der Waals surface area contributed by atoms with Crippen LogP contribution in [0.25, 0.3) is 0 Å². The van der Waals surface area contributed by atoms with E-state index >= 15 is 0 Å². The first kappa shape index (κ1) is 22.0. The fourth-order valence-corrected chi connectivity index (χ4v) is 4.32. The molecule has 0 saturated carbocycles. The number of hydrogen-bond donors (Lipinski definition) is 0. The van der Waals surface area contributed by atoms with Crippen LogP contribution < -0.4 is 9.47 Å². The zero-order valence-electron chi connectivity index (χ0n) is 17.9. The number of benzene rings is 1. The van der Waals surface area contributed by atoms with E-state index in [1.54, 1.807) is 38.2 Å². The predicted molar refractivity (Wildman–Crippen MR) is 115 cm³/mol. The Balaban J connectivity index is 1.47. The molecule has 2 amide bonds. The first-order chi connectivity index (χ1) is 14.4. The number of nitrogens with zero attached hydrogens (tertiary/aromatic N) is 4. The number of aromatic nitrogens is 1. The van der Waals surface area contributed by atoms with Crippen LogP contribution in [-0.2, 0) is 11.3 Å². The largest absolute Gasteiger partial charge is 0.497 e. The van der Waals surface area contributed by atoms with Crippen molar-refractivity contribution in [1.29, 1.82) is 0 Å². The van der Waals surface area contributed by atoms with Gasteiger partial charge < -0.3 is 19.3 Å². The molecule has 0 atom stereocenters. The quantitative estimate of drug-likeness (QED) is 0.665. The first-order valence-electron chi connectivity index (χ1n) is 9.82. The number of carbonyl (C=O) groups is 2. The molecule has 0 radical (unpaired) electrons. The molecule has 2 heterocycles. The number of aryl methyl sites for hydroxylation is 1. The van der Waals surface area contributed by atoms with Crippen molar-refractivity contribution < 1.29 is 19.1 Å². The van der Waals surface area contributed by atoms with Crippen molar-refractivity contribution in [3.63, 3.8) is 0 Å². The number of piperazine rings is 1. The minimum Gasteiger partial charge on any atom is -0.497 e. The second kappa shape index (κ2) is 9.90. The third-order valence-electron chi connectivity index (χ3n) is 4.93. The number of rotatable bonds is 7. The van der Waals surface area contributed by atoms with Gasteiger partial charge in [0.2, 0.25) is 0 Å². The maximum absolute atomic E-state index is 12.5. The Kier molecular flexibility index (Phi) is 7.28. The van der Waals surface area contributed by atoms with Gasteiger partial charge in [0.25, 0.3) is 11.8 Å². The maximum Gasteiger partial charge on any atom is 0.265 e. The Bertz CT molecular complexity index is 891. The fourth-order valence-electron chi connectivity index (χ4n) is 3.20. The molecule has 0 N–H and O–H groups in total. The normalized spacial score (nSPS) is 14.5. The standard InChI is InChI=1S/C21H28N4O4S/c1-15-20(21(27)23(2)3)30-18(22-15)13-24-8-10-25(11-9-24)19(26)14-29-17-7-5-6-16(12-17)28-4/h5-7,12H,8-11,13-14H2,1-4H3. The van der Waals surface area contributed by atoms with Crippen molar-refractivity contribution >= 4 is 23.2 Å². The summed E-state index contributed by atoms with van der Waals surface area (Å²) in [4.78, 5) is 35.6. The fraction of sp³-hybridized carbons (Fsp3) is 0.476. The molecule has 1 saturated heterocycles. The molecule has 8 nitrogen and oxygen atoms in total. The highest BCUT2D eigenvalue weighted by atomic mass is 32.1. The summed E-state index contributed by atoms with van der Waals surface area (Å²) in [6.45, 7) is 5.39. The van der Waals surface area contributed by atoms with Crippen LogP contribution in [0.3, 0.4) is 0 Å². The summed E-state index contributed by atoms with van der Waals surface area (Å²) in [6.07, 6.45) is 0. The first-order valence-corrected chi connectivity index (χ1v) is 10.6. The van der Waals surface area contributed by atoms with Crippen LogP contribution in [0.2, 0.25) is 0 Å². The van der Waals surface area contributed by atoms with Crippen molar-refractivity contribution in [2.24, 2.45) is 0 Å². The van der Waals surface area contributed by atoms with Gasteiger partial charge in [0.15, 0.2) is 6.61 Å². The summed E-state index contributed by atoms with van der Waals surface area (Å²) in [7, 11) is 5.09. The van der Waals surface area contributed by atoms with E-state index in [9.17, 15) is 9.59 Å². The average molecular weight is 433 g/mol. The van der Waals surface area contributed by atoms with E-state index in [4.69, 9.17) is 9.47 Å². The molecule has 1 aliphatic rings. The van der Waals surface area contributed by atoms with Gasteiger partial charge in [0.05, 0.1) is 19.3 Å². The summed E-state index contributed by atoms with van der Waals surface area (Å²) in [5, 5.41) is 0.929. The third kappa shape index (κ3) is 5.48. The molecule has 162 valence electrons. The van der Waals surface area contributed by atoms with Crippen molar-refractivity contribution in [3.8, 4) is 11.5 Å². The summed E-state index contributed by atoms with van der Waals surface area (Å²) in [5.74, 6) is 1.27. The topological polar surface area (TPSA) is 75.2 Å². The van der Waals surface area contributed by atoms with Crippen LogP contribution in [0, 0.1) is 6.92 Å². The van der Waals surface area contributed by atoms with Gasteiger partial charge >= 0.3 is 0 Å². The zero-order chi connectivity index (χ0) is 21.7. The molecule has 0 aliphatic carbocycles. The summed E-state index contributed by atoms with van der Waals surface area (Å²) >= 11 is 1.45. The third-order valence-corrected chi connectivity index (χ3v) is 6.06. The van der Waals surface area contributed by atoms with Crippen molar-refractivity contribution in [3.05, 3.63) is 39.8 Å². The molecule has 0 unspecified atom stereocenters. The van der Waals surface area contributed by atoms with Gasteiger partial charge in [-0.3, -0.25) is 14.5 Å². The Labute approximate surface area is 181 Å². The zero-order valence-corrected chi connectivity index (χ0v) is 18.7. The number of hydrogen-bond acceptors (Lipinski definition) is 7. The van der Waals surface area contributed by atoms with Crippen LogP contribution in [0.15, 0.2) is 24.3 Å². The molecule has 9 heteroatoms. The van der Waals surface area contributed by atoms with E-state index in [2.05, 4.69) is 9.88 Å². The van der Waals surface area contributed by atoms with E-state index in [1.165, 1.54) is 11.3 Å². The lowest BCUT2D eigenvalue weighted by Gasteiger charge is -2.34. The minimum absolute atomic E-state index is 0.00878. The van der Waals surface area contributed by atoms with Gasteiger partial charge in [-0.15, -0.1) is 11.3 Å². The van der Waals surface area contributed by atoms with Gasteiger partial charge in [0.1, 0.15) is 21.4 Å². The van der Waals surface area contributed by atoms with Crippen LogP contribution >= 0.6 is 11.3 Å². The molecule has 3 rings (SSSR count). The number of ether oxygens (including phenoxy) is 2. The smallest absolute Gasteiger partial charge is 0.265 e. The summed E-state index contributed by atoms with van der Waals surface area (Å²) < 4.78 is 10.8. The Morgan fingerprint density at radius 1 is 1.17 bits per heavy atom. The highest BCUT2D eigenvalue weighted by Gasteiger charge is 2.23. The molecule has 1 aliphatic heterocycles. The van der Waals surface area contributed by atoms with Gasteiger partial charge in [0, 0.05) is 46.3 Å². The average Bonchev–Trinajstić information content (AvgIpc) is 3.11. The number of methoxy groups -OCH3 is 1. The van der Waals surface area contributed by atoms with Crippen LogP contribution in [0.5, 0.6) is 11.5 Å². The molecule has 2 aromatic rings. The number of thiazole rings is 1. The second-order valence-electron chi connectivity index (χ2n) is 7.35. The van der Waals surface area contributed by atoms with Crippen molar-refractivity contribution in [2.75, 3.05) is 54.0 Å². The summed E-state index contributed by atoms with van der Waals surface area (Å²) in [6, 6.07) is 7.22. The lowest BCUT2D eigenvalue weighted by molar-refractivity contribution is -0.135. The highest BCUT2D eigenvalue weighted by Crippen LogP contribution is 2.22. The molecular formula is C21H28N4O4S. The van der Waals surface area contributed by atoms with Crippen LogP contribution in [0.1, 0.15) is 20.4 Å². The van der Waals surface area contributed by atoms with E-state index in [-0.39, 0.29) is 18.4 Å². The Hall–Kier alpha value is -2.65. The second-order valence-corrected chi connectivity index (χ2v) is 8.43. The van der Waals surface area contributed by atoms with Crippen molar-refractivity contribution in [1.82, 2.24) is 19.7 Å². The summed E-state index contributed by atoms with van der Waals surface area (Å²) in [5.41, 5.74) is 0.775. The monoisotopic (exact) mass is 432 g/mol. The lowest BCUT2D eigenvalue weighted by Crippen LogP contribution is -2.49. The van der Waals surface area contributed by atoms with E-state index in [0.29, 0.717) is 36.0 Å². The highest BCUT2D eigenvalue weighted by molar-refractivity contribution is 7.13. The Morgan fingerprint density at radius 2 is 1.87 bits per heavy atom. The van der Waals surface area contributed by atoms with Crippen LogP contribution in [0.4, 0.5) is 0 Å². The Morgan fingerprint density at radius 3 is 2.53 bits per heavy atom. The molecule has 1 aromatic carbocycles. The SMILES string of the molecule is COc1cccc(OCC(=O)N2CCN(Cc3nc(C)c(C(=O)N(C)C)s3)CC2)c1. The van der Waals surface area contributed by atoms with E-state index in [0.717, 1.165) is 23.8 Å². The molecular weight excluding hydrogens is 404 g/mol. The van der Waals surface area contributed by atoms with E-state index in [1.807, 2.05) is 24.0 Å². The molecule has 30 heavy (non-hydrogen) atoms. The van der Waals surface area contributed by atoms with E-state index < -0.39 is 0 Å². The number of amides is 2.